The van der Waals surface area contributed by atoms with Crippen molar-refractivity contribution in [2.24, 2.45) is 0 Å². The second-order valence-corrected chi connectivity index (χ2v) is 5.48. The van der Waals surface area contributed by atoms with Gasteiger partial charge >= 0.3 is 0 Å². The standard InChI is InChI=1S/C18H25NO/c1-5-14-7-8-16(11-15(14)6-2)17-9-10-20-18(17)12-19-13(3)4/h7-11,13,19H,5-6,12H2,1-4H3. The van der Waals surface area contributed by atoms with Crippen LogP contribution in [0.2, 0.25) is 0 Å². The third-order valence-electron chi connectivity index (χ3n) is 3.70. The van der Waals surface area contributed by atoms with Crippen LogP contribution >= 0.6 is 0 Å². The predicted octanol–water partition coefficient (Wildman–Crippen LogP) is 4.57. The van der Waals surface area contributed by atoms with Gasteiger partial charge in [0.25, 0.3) is 0 Å². The van der Waals surface area contributed by atoms with Gasteiger partial charge in [0.1, 0.15) is 5.76 Å². The van der Waals surface area contributed by atoms with Crippen molar-refractivity contribution in [3.05, 3.63) is 47.4 Å². The van der Waals surface area contributed by atoms with Gasteiger partial charge in [-0.05, 0) is 35.6 Å². The van der Waals surface area contributed by atoms with Crippen LogP contribution in [-0.2, 0) is 19.4 Å². The first kappa shape index (κ1) is 14.9. The third kappa shape index (κ3) is 3.31. The minimum Gasteiger partial charge on any atom is -0.467 e. The predicted molar refractivity (Wildman–Crippen MR) is 84.9 cm³/mol. The number of hydrogen-bond acceptors (Lipinski definition) is 2. The van der Waals surface area contributed by atoms with Gasteiger partial charge in [-0.2, -0.15) is 0 Å². The maximum atomic E-state index is 5.64. The van der Waals surface area contributed by atoms with Gasteiger partial charge in [-0.15, -0.1) is 0 Å². The molecule has 0 bridgehead atoms. The molecule has 0 fully saturated rings. The summed E-state index contributed by atoms with van der Waals surface area (Å²) in [5.74, 6) is 1.02. The maximum absolute atomic E-state index is 5.64. The van der Waals surface area contributed by atoms with Crippen LogP contribution in [0.25, 0.3) is 11.1 Å². The lowest BCUT2D eigenvalue weighted by atomic mass is 9.96. The quantitative estimate of drug-likeness (QED) is 0.832. The summed E-state index contributed by atoms with van der Waals surface area (Å²) < 4.78 is 5.64. The SMILES string of the molecule is CCc1ccc(-c2ccoc2CNC(C)C)cc1CC. The molecule has 20 heavy (non-hydrogen) atoms. The van der Waals surface area contributed by atoms with Crippen LogP contribution in [-0.4, -0.2) is 6.04 Å². The van der Waals surface area contributed by atoms with E-state index >= 15 is 0 Å². The zero-order valence-electron chi connectivity index (χ0n) is 13.0. The van der Waals surface area contributed by atoms with Gasteiger partial charge in [-0.25, -0.2) is 0 Å². The number of furan rings is 1. The van der Waals surface area contributed by atoms with Crippen molar-refractivity contribution in [1.82, 2.24) is 5.32 Å². The molecule has 2 aromatic rings. The van der Waals surface area contributed by atoms with E-state index < -0.39 is 0 Å². The first-order valence-corrected chi connectivity index (χ1v) is 7.57. The Bertz CT molecular complexity index is 554. The third-order valence-corrected chi connectivity index (χ3v) is 3.70. The lowest BCUT2D eigenvalue weighted by Gasteiger charge is -2.11. The molecule has 1 aromatic heterocycles. The van der Waals surface area contributed by atoms with Crippen LogP contribution in [0, 0.1) is 0 Å². The van der Waals surface area contributed by atoms with Gasteiger partial charge in [0.05, 0.1) is 12.8 Å². The van der Waals surface area contributed by atoms with Gasteiger partial charge < -0.3 is 9.73 Å². The Morgan fingerprint density at radius 2 is 1.80 bits per heavy atom. The number of nitrogens with one attached hydrogen (secondary N) is 1. The molecule has 0 atom stereocenters. The maximum Gasteiger partial charge on any atom is 0.125 e. The van der Waals surface area contributed by atoms with E-state index in [2.05, 4.69) is 57.3 Å². The van der Waals surface area contributed by atoms with Gasteiger partial charge in [-0.3, -0.25) is 0 Å². The Labute approximate surface area is 122 Å². The first-order chi connectivity index (χ1) is 9.65. The molecular formula is C18H25NO. The second kappa shape index (κ2) is 6.76. The van der Waals surface area contributed by atoms with E-state index in [1.807, 2.05) is 0 Å². The fourth-order valence-corrected chi connectivity index (χ4v) is 2.50. The molecule has 0 saturated carbocycles. The molecule has 1 heterocycles. The van der Waals surface area contributed by atoms with Gasteiger partial charge in [-0.1, -0.05) is 45.9 Å². The molecule has 1 aromatic carbocycles. The van der Waals surface area contributed by atoms with Crippen LogP contribution in [0.1, 0.15) is 44.6 Å². The summed E-state index contributed by atoms with van der Waals surface area (Å²) in [7, 11) is 0. The van der Waals surface area contributed by atoms with Crippen LogP contribution in [0.15, 0.2) is 34.9 Å². The highest BCUT2D eigenvalue weighted by atomic mass is 16.3. The lowest BCUT2D eigenvalue weighted by molar-refractivity contribution is 0.466. The number of aryl methyl sites for hydroxylation is 2. The fourth-order valence-electron chi connectivity index (χ4n) is 2.50. The topological polar surface area (TPSA) is 25.2 Å². The van der Waals surface area contributed by atoms with E-state index in [4.69, 9.17) is 4.42 Å². The average molecular weight is 271 g/mol. The molecule has 0 unspecified atom stereocenters. The largest absolute Gasteiger partial charge is 0.467 e. The molecule has 0 spiro atoms. The molecule has 2 rings (SSSR count). The van der Waals surface area contributed by atoms with Crippen molar-refractivity contribution in [2.75, 3.05) is 0 Å². The second-order valence-electron chi connectivity index (χ2n) is 5.48. The van der Waals surface area contributed by atoms with Crippen molar-refractivity contribution in [3.8, 4) is 11.1 Å². The van der Waals surface area contributed by atoms with Gasteiger partial charge in [0, 0.05) is 11.6 Å². The van der Waals surface area contributed by atoms with Crippen molar-refractivity contribution < 1.29 is 4.42 Å². The molecule has 2 nitrogen and oxygen atoms in total. The fraction of sp³-hybridized carbons (Fsp3) is 0.444. The summed E-state index contributed by atoms with van der Waals surface area (Å²) in [5.41, 5.74) is 5.35. The summed E-state index contributed by atoms with van der Waals surface area (Å²) in [6.45, 7) is 9.50. The Morgan fingerprint density at radius 3 is 2.45 bits per heavy atom. The molecule has 1 N–H and O–H groups in total. The van der Waals surface area contributed by atoms with Crippen molar-refractivity contribution in [1.29, 1.82) is 0 Å². The average Bonchev–Trinajstić information content (AvgIpc) is 2.92. The molecule has 0 saturated heterocycles. The van der Waals surface area contributed by atoms with E-state index in [-0.39, 0.29) is 0 Å². The smallest absolute Gasteiger partial charge is 0.125 e. The summed E-state index contributed by atoms with van der Waals surface area (Å²) in [6, 6.07) is 9.30. The molecule has 0 aliphatic heterocycles. The number of benzene rings is 1. The lowest BCUT2D eigenvalue weighted by Crippen LogP contribution is -2.21. The van der Waals surface area contributed by atoms with E-state index in [1.54, 1.807) is 6.26 Å². The van der Waals surface area contributed by atoms with Crippen LogP contribution < -0.4 is 5.32 Å². The molecule has 0 amide bonds. The van der Waals surface area contributed by atoms with E-state index in [1.165, 1.54) is 22.3 Å². The Balaban J connectivity index is 2.30. The summed E-state index contributed by atoms with van der Waals surface area (Å²) in [5, 5.41) is 3.42. The highest BCUT2D eigenvalue weighted by Crippen LogP contribution is 2.27. The Morgan fingerprint density at radius 1 is 1.05 bits per heavy atom. The number of rotatable bonds is 6. The molecule has 0 radical (unpaired) electrons. The zero-order chi connectivity index (χ0) is 14.5. The van der Waals surface area contributed by atoms with E-state index in [0.717, 1.165) is 25.1 Å². The van der Waals surface area contributed by atoms with E-state index in [0.29, 0.717) is 6.04 Å². The molecule has 2 heteroatoms. The van der Waals surface area contributed by atoms with Crippen molar-refractivity contribution in [2.45, 2.75) is 53.1 Å². The monoisotopic (exact) mass is 271 g/mol. The molecule has 0 aliphatic carbocycles. The van der Waals surface area contributed by atoms with Gasteiger partial charge in [0.2, 0.25) is 0 Å². The van der Waals surface area contributed by atoms with Crippen LogP contribution in [0.4, 0.5) is 0 Å². The minimum atomic E-state index is 0.460. The minimum absolute atomic E-state index is 0.460. The Kier molecular flexibility index (Phi) is 5.02. The molecule has 108 valence electrons. The first-order valence-electron chi connectivity index (χ1n) is 7.57. The summed E-state index contributed by atoms with van der Waals surface area (Å²) >= 11 is 0. The van der Waals surface area contributed by atoms with E-state index in [9.17, 15) is 0 Å². The Hall–Kier alpha value is -1.54. The zero-order valence-corrected chi connectivity index (χ0v) is 13.0. The van der Waals surface area contributed by atoms with Crippen molar-refractivity contribution in [3.63, 3.8) is 0 Å². The molecular weight excluding hydrogens is 246 g/mol. The molecule has 0 aliphatic rings. The normalized spacial score (nSPS) is 11.2. The highest BCUT2D eigenvalue weighted by molar-refractivity contribution is 5.66. The summed E-state index contributed by atoms with van der Waals surface area (Å²) in [6.07, 6.45) is 3.96. The number of hydrogen-bond donors (Lipinski definition) is 1. The van der Waals surface area contributed by atoms with Crippen LogP contribution in [0.3, 0.4) is 0 Å². The van der Waals surface area contributed by atoms with Gasteiger partial charge in [0.15, 0.2) is 0 Å². The van der Waals surface area contributed by atoms with Crippen LogP contribution in [0.5, 0.6) is 0 Å². The highest BCUT2D eigenvalue weighted by Gasteiger charge is 2.10. The summed E-state index contributed by atoms with van der Waals surface area (Å²) in [4.78, 5) is 0. The van der Waals surface area contributed by atoms with Crippen molar-refractivity contribution >= 4 is 0 Å².